The molecule has 82 valence electrons. The highest BCUT2D eigenvalue weighted by Crippen LogP contribution is 2.21. The number of rotatable bonds is 3. The van der Waals surface area contributed by atoms with Crippen LogP contribution in [0.15, 0.2) is 12.1 Å². The van der Waals surface area contributed by atoms with E-state index in [1.54, 1.807) is 0 Å². The highest BCUT2D eigenvalue weighted by Gasteiger charge is 2.11. The van der Waals surface area contributed by atoms with Crippen LogP contribution in [-0.4, -0.2) is 13.1 Å². The molecule has 0 fully saturated rings. The summed E-state index contributed by atoms with van der Waals surface area (Å²) in [6.07, 6.45) is 1.32. The Hall–Kier alpha value is -0.580. The van der Waals surface area contributed by atoms with Gasteiger partial charge in [0.25, 0.3) is 0 Å². The van der Waals surface area contributed by atoms with Crippen LogP contribution in [-0.2, 0) is 22.4 Å². The number of halogens is 1. The third kappa shape index (κ3) is 3.19. The summed E-state index contributed by atoms with van der Waals surface area (Å²) in [5, 5.41) is 0. The fraction of sp³-hybridized carbons (Fsp3) is 0.417. The molecule has 0 radical (unpaired) electrons. The predicted octanol–water partition coefficient (Wildman–Crippen LogP) is 2.88. The van der Waals surface area contributed by atoms with Gasteiger partial charge in [-0.3, -0.25) is 4.79 Å². The van der Waals surface area contributed by atoms with Gasteiger partial charge >= 0.3 is 5.97 Å². The molecule has 0 atom stereocenters. The lowest BCUT2D eigenvalue weighted by atomic mass is 10.00. The number of ether oxygens (including phenoxy) is 1. The monoisotopic (exact) mass is 318 g/mol. The molecule has 0 saturated carbocycles. The molecule has 0 spiro atoms. The Labute approximate surface area is 104 Å². The third-order valence-electron chi connectivity index (χ3n) is 2.36. The van der Waals surface area contributed by atoms with E-state index in [4.69, 9.17) is 4.74 Å². The number of benzene rings is 1. The molecular formula is C12H15IO2. The fourth-order valence-electron chi connectivity index (χ4n) is 1.57. The third-order valence-corrected chi connectivity index (χ3v) is 3.32. The molecule has 0 saturated heterocycles. The number of hydrogen-bond donors (Lipinski definition) is 0. The van der Waals surface area contributed by atoms with Crippen LogP contribution < -0.4 is 0 Å². The lowest BCUT2D eigenvalue weighted by Crippen LogP contribution is -2.08. The van der Waals surface area contributed by atoms with Crippen molar-refractivity contribution in [2.75, 3.05) is 7.11 Å². The second-order valence-electron chi connectivity index (χ2n) is 3.49. The molecule has 2 nitrogen and oxygen atoms in total. The molecule has 0 bridgehead atoms. The number of aryl methyl sites for hydroxylation is 2. The summed E-state index contributed by atoms with van der Waals surface area (Å²) in [5.41, 5.74) is 3.59. The second-order valence-corrected chi connectivity index (χ2v) is 4.65. The van der Waals surface area contributed by atoms with Crippen LogP contribution in [0.4, 0.5) is 0 Å². The van der Waals surface area contributed by atoms with Crippen LogP contribution >= 0.6 is 22.6 Å². The van der Waals surface area contributed by atoms with Crippen LogP contribution in [0.25, 0.3) is 0 Å². The van der Waals surface area contributed by atoms with Gasteiger partial charge in [0.2, 0.25) is 0 Å². The topological polar surface area (TPSA) is 26.3 Å². The van der Waals surface area contributed by atoms with Gasteiger partial charge in [0.1, 0.15) is 0 Å². The summed E-state index contributed by atoms with van der Waals surface area (Å²) in [6, 6.07) is 4.23. The molecule has 3 heteroatoms. The van der Waals surface area contributed by atoms with E-state index in [0.717, 1.165) is 15.6 Å². The summed E-state index contributed by atoms with van der Waals surface area (Å²) in [5.74, 6) is -0.175. The van der Waals surface area contributed by atoms with Crippen molar-refractivity contribution in [3.05, 3.63) is 32.4 Å². The Morgan fingerprint density at radius 1 is 1.47 bits per heavy atom. The smallest absolute Gasteiger partial charge is 0.310 e. The van der Waals surface area contributed by atoms with E-state index in [0.29, 0.717) is 6.42 Å². The van der Waals surface area contributed by atoms with Gasteiger partial charge in [-0.1, -0.05) is 13.0 Å². The standard InChI is InChI=1S/C12H15IO2/c1-4-9-5-8(2)6-11(13)10(9)7-12(14)15-3/h5-6H,4,7H2,1-3H3. The first kappa shape index (κ1) is 12.5. The van der Waals surface area contributed by atoms with Crippen LogP contribution in [0, 0.1) is 10.5 Å². The van der Waals surface area contributed by atoms with Gasteiger partial charge in [-0.05, 0) is 58.7 Å². The first-order valence-electron chi connectivity index (χ1n) is 4.93. The summed E-state index contributed by atoms with van der Waals surface area (Å²) < 4.78 is 5.84. The first-order chi connectivity index (χ1) is 7.08. The van der Waals surface area contributed by atoms with Crippen molar-refractivity contribution in [2.24, 2.45) is 0 Å². The van der Waals surface area contributed by atoms with E-state index in [1.165, 1.54) is 18.2 Å². The molecule has 0 heterocycles. The van der Waals surface area contributed by atoms with Crippen molar-refractivity contribution in [3.63, 3.8) is 0 Å². The van der Waals surface area contributed by atoms with Gasteiger partial charge in [0.05, 0.1) is 13.5 Å². The SMILES string of the molecule is CCc1cc(C)cc(I)c1CC(=O)OC. The van der Waals surface area contributed by atoms with E-state index in [-0.39, 0.29) is 5.97 Å². The zero-order valence-corrected chi connectivity index (χ0v) is 11.4. The molecular weight excluding hydrogens is 303 g/mol. The largest absolute Gasteiger partial charge is 0.469 e. The van der Waals surface area contributed by atoms with E-state index < -0.39 is 0 Å². The molecule has 0 aliphatic rings. The molecule has 0 N–H and O–H groups in total. The van der Waals surface area contributed by atoms with Crippen molar-refractivity contribution in [3.8, 4) is 0 Å². The number of methoxy groups -OCH3 is 1. The van der Waals surface area contributed by atoms with Gasteiger partial charge in [0, 0.05) is 3.57 Å². The average molecular weight is 318 g/mol. The van der Waals surface area contributed by atoms with Crippen molar-refractivity contribution in [1.29, 1.82) is 0 Å². The Kier molecular flexibility index (Phi) is 4.57. The molecule has 0 aliphatic heterocycles. The van der Waals surface area contributed by atoms with Gasteiger partial charge in [-0.25, -0.2) is 0 Å². The minimum Gasteiger partial charge on any atom is -0.469 e. The molecule has 1 rings (SSSR count). The normalized spacial score (nSPS) is 10.1. The van der Waals surface area contributed by atoms with Crippen molar-refractivity contribution in [1.82, 2.24) is 0 Å². The molecule has 0 aromatic heterocycles. The summed E-state index contributed by atoms with van der Waals surface area (Å²) >= 11 is 2.28. The van der Waals surface area contributed by atoms with Crippen molar-refractivity contribution >= 4 is 28.6 Å². The summed E-state index contributed by atoms with van der Waals surface area (Å²) in [7, 11) is 1.43. The number of carbonyl (C=O) groups excluding carboxylic acids is 1. The van der Waals surface area contributed by atoms with Crippen LogP contribution in [0.1, 0.15) is 23.6 Å². The Balaban J connectivity index is 3.09. The van der Waals surface area contributed by atoms with E-state index >= 15 is 0 Å². The maximum atomic E-state index is 11.3. The highest BCUT2D eigenvalue weighted by atomic mass is 127. The summed E-state index contributed by atoms with van der Waals surface area (Å²) in [6.45, 7) is 4.18. The molecule has 15 heavy (non-hydrogen) atoms. The van der Waals surface area contributed by atoms with Gasteiger partial charge < -0.3 is 4.74 Å². The maximum Gasteiger partial charge on any atom is 0.310 e. The lowest BCUT2D eigenvalue weighted by Gasteiger charge is -2.10. The zero-order valence-electron chi connectivity index (χ0n) is 9.26. The van der Waals surface area contributed by atoms with E-state index in [9.17, 15) is 4.79 Å². The number of esters is 1. The molecule has 0 unspecified atom stereocenters. The van der Waals surface area contributed by atoms with Crippen molar-refractivity contribution < 1.29 is 9.53 Å². The number of hydrogen-bond acceptors (Lipinski definition) is 2. The van der Waals surface area contributed by atoms with E-state index in [1.807, 2.05) is 0 Å². The Bertz CT molecular complexity index is 372. The zero-order chi connectivity index (χ0) is 11.4. The molecule has 1 aromatic carbocycles. The van der Waals surface area contributed by atoms with E-state index in [2.05, 4.69) is 48.6 Å². The van der Waals surface area contributed by atoms with Crippen molar-refractivity contribution in [2.45, 2.75) is 26.7 Å². The second kappa shape index (κ2) is 5.49. The Morgan fingerprint density at radius 3 is 2.67 bits per heavy atom. The van der Waals surface area contributed by atoms with Gasteiger partial charge in [-0.15, -0.1) is 0 Å². The van der Waals surface area contributed by atoms with Crippen LogP contribution in [0.5, 0.6) is 0 Å². The van der Waals surface area contributed by atoms with Gasteiger partial charge in [0.15, 0.2) is 0 Å². The summed E-state index contributed by atoms with van der Waals surface area (Å²) in [4.78, 5) is 11.3. The Morgan fingerprint density at radius 2 is 2.13 bits per heavy atom. The quantitative estimate of drug-likeness (QED) is 0.633. The lowest BCUT2D eigenvalue weighted by molar-refractivity contribution is -0.139. The average Bonchev–Trinajstić information content (AvgIpc) is 2.21. The van der Waals surface area contributed by atoms with Gasteiger partial charge in [-0.2, -0.15) is 0 Å². The predicted molar refractivity (Wildman–Crippen MR) is 69.0 cm³/mol. The minimum absolute atomic E-state index is 0.175. The highest BCUT2D eigenvalue weighted by molar-refractivity contribution is 14.1. The first-order valence-corrected chi connectivity index (χ1v) is 6.01. The molecule has 0 aliphatic carbocycles. The van der Waals surface area contributed by atoms with Crippen LogP contribution in [0.2, 0.25) is 0 Å². The fourth-order valence-corrected chi connectivity index (χ4v) is 2.60. The maximum absolute atomic E-state index is 11.3. The molecule has 0 amide bonds. The van der Waals surface area contributed by atoms with Crippen LogP contribution in [0.3, 0.4) is 0 Å². The minimum atomic E-state index is -0.175. The number of carbonyl (C=O) groups is 1. The molecule has 1 aromatic rings.